The zero-order valence-corrected chi connectivity index (χ0v) is 10.6. The van der Waals surface area contributed by atoms with Gasteiger partial charge in [-0.15, -0.1) is 0 Å². The lowest BCUT2D eigenvalue weighted by Crippen LogP contribution is -2.11. The summed E-state index contributed by atoms with van der Waals surface area (Å²) in [4.78, 5) is 0. The molecule has 1 aliphatic carbocycles. The Labute approximate surface area is 105 Å². The van der Waals surface area contributed by atoms with Gasteiger partial charge in [0.1, 0.15) is 5.75 Å². The monoisotopic (exact) mass is 258 g/mol. The molecule has 1 nitrogen and oxygen atoms in total. The second-order valence-electron chi connectivity index (χ2n) is 5.16. The van der Waals surface area contributed by atoms with Crippen LogP contribution in [-0.4, -0.2) is 6.61 Å². The third-order valence-electron chi connectivity index (χ3n) is 3.15. The number of ether oxygens (including phenoxy) is 1. The molecule has 0 bridgehead atoms. The highest BCUT2D eigenvalue weighted by Gasteiger charge is 2.35. The predicted molar refractivity (Wildman–Crippen MR) is 63.8 cm³/mol. The highest BCUT2D eigenvalue weighted by Crippen LogP contribution is 2.39. The van der Waals surface area contributed by atoms with E-state index >= 15 is 0 Å². The average molecular weight is 258 g/mol. The zero-order chi connectivity index (χ0) is 13.3. The molecule has 0 atom stereocenters. The molecule has 18 heavy (non-hydrogen) atoms. The standard InChI is InChI=1S/C14H17F3O/c1-9(2)11-5-6-13(18-8-10-3-4-10)12(7-11)14(15,16)17/h5-7,9-10H,3-4,8H2,1-2H3. The smallest absolute Gasteiger partial charge is 0.419 e. The summed E-state index contributed by atoms with van der Waals surface area (Å²) >= 11 is 0. The van der Waals surface area contributed by atoms with E-state index in [1.165, 1.54) is 12.1 Å². The largest absolute Gasteiger partial charge is 0.493 e. The van der Waals surface area contributed by atoms with Crippen LogP contribution in [0.15, 0.2) is 18.2 Å². The van der Waals surface area contributed by atoms with E-state index in [9.17, 15) is 13.2 Å². The summed E-state index contributed by atoms with van der Waals surface area (Å²) in [6.07, 6.45) is -2.24. The zero-order valence-electron chi connectivity index (χ0n) is 10.6. The second-order valence-corrected chi connectivity index (χ2v) is 5.16. The van der Waals surface area contributed by atoms with E-state index in [-0.39, 0.29) is 11.7 Å². The molecule has 0 aromatic heterocycles. The highest BCUT2D eigenvalue weighted by molar-refractivity contribution is 5.40. The molecular weight excluding hydrogens is 241 g/mol. The van der Waals surface area contributed by atoms with Crippen molar-refractivity contribution < 1.29 is 17.9 Å². The van der Waals surface area contributed by atoms with Crippen molar-refractivity contribution in [3.05, 3.63) is 29.3 Å². The van der Waals surface area contributed by atoms with Gasteiger partial charge in [-0.2, -0.15) is 13.2 Å². The number of hydrogen-bond donors (Lipinski definition) is 0. The van der Waals surface area contributed by atoms with Gasteiger partial charge in [-0.1, -0.05) is 19.9 Å². The Morgan fingerprint density at radius 2 is 1.94 bits per heavy atom. The van der Waals surface area contributed by atoms with Crippen LogP contribution in [0.5, 0.6) is 5.75 Å². The first-order chi connectivity index (χ1) is 8.38. The molecule has 0 aliphatic heterocycles. The molecule has 2 rings (SSSR count). The number of alkyl halides is 3. The molecule has 0 radical (unpaired) electrons. The van der Waals surface area contributed by atoms with Gasteiger partial charge in [0.25, 0.3) is 0 Å². The van der Waals surface area contributed by atoms with Crippen molar-refractivity contribution in [1.29, 1.82) is 0 Å². The molecule has 0 amide bonds. The number of hydrogen-bond acceptors (Lipinski definition) is 1. The van der Waals surface area contributed by atoms with Gasteiger partial charge in [-0.25, -0.2) is 0 Å². The van der Waals surface area contributed by atoms with Crippen molar-refractivity contribution in [3.8, 4) is 5.75 Å². The van der Waals surface area contributed by atoms with Crippen molar-refractivity contribution in [2.75, 3.05) is 6.61 Å². The Hall–Kier alpha value is -1.19. The van der Waals surface area contributed by atoms with Gasteiger partial charge < -0.3 is 4.74 Å². The minimum atomic E-state index is -4.36. The van der Waals surface area contributed by atoms with Crippen LogP contribution in [0.4, 0.5) is 13.2 Å². The normalized spacial score (nSPS) is 16.1. The van der Waals surface area contributed by atoms with Gasteiger partial charge in [-0.05, 0) is 42.4 Å². The summed E-state index contributed by atoms with van der Waals surface area (Å²) in [5, 5.41) is 0. The molecule has 0 saturated heterocycles. The summed E-state index contributed by atoms with van der Waals surface area (Å²) in [7, 11) is 0. The van der Waals surface area contributed by atoms with Crippen LogP contribution in [0.2, 0.25) is 0 Å². The first-order valence-electron chi connectivity index (χ1n) is 6.22. The number of rotatable bonds is 4. The third kappa shape index (κ3) is 3.18. The van der Waals surface area contributed by atoms with Crippen LogP contribution < -0.4 is 4.74 Å². The van der Waals surface area contributed by atoms with Crippen molar-refractivity contribution in [2.24, 2.45) is 5.92 Å². The van der Waals surface area contributed by atoms with Crippen LogP contribution in [0.1, 0.15) is 43.7 Å². The summed E-state index contributed by atoms with van der Waals surface area (Å²) in [6.45, 7) is 4.14. The van der Waals surface area contributed by atoms with E-state index in [1.54, 1.807) is 6.07 Å². The molecule has 0 spiro atoms. The van der Waals surface area contributed by atoms with Crippen LogP contribution >= 0.6 is 0 Å². The van der Waals surface area contributed by atoms with Crippen LogP contribution in [0.25, 0.3) is 0 Å². The van der Waals surface area contributed by atoms with E-state index in [4.69, 9.17) is 4.74 Å². The van der Waals surface area contributed by atoms with Gasteiger partial charge in [-0.3, -0.25) is 0 Å². The minimum absolute atomic E-state index is 0.0428. The third-order valence-corrected chi connectivity index (χ3v) is 3.15. The Kier molecular flexibility index (Phi) is 3.55. The van der Waals surface area contributed by atoms with E-state index < -0.39 is 11.7 Å². The van der Waals surface area contributed by atoms with Crippen LogP contribution in [-0.2, 0) is 6.18 Å². The van der Waals surface area contributed by atoms with E-state index in [0.29, 0.717) is 18.1 Å². The number of halogens is 3. The van der Waals surface area contributed by atoms with Crippen molar-refractivity contribution in [3.63, 3.8) is 0 Å². The van der Waals surface area contributed by atoms with E-state index in [2.05, 4.69) is 0 Å². The SMILES string of the molecule is CC(C)c1ccc(OCC2CC2)c(C(F)(F)F)c1. The Morgan fingerprint density at radius 3 is 2.44 bits per heavy atom. The molecule has 1 aliphatic rings. The van der Waals surface area contributed by atoms with Gasteiger partial charge in [0.05, 0.1) is 12.2 Å². The topological polar surface area (TPSA) is 9.23 Å². The maximum Gasteiger partial charge on any atom is 0.419 e. The lowest BCUT2D eigenvalue weighted by molar-refractivity contribution is -0.139. The fourth-order valence-corrected chi connectivity index (χ4v) is 1.75. The highest BCUT2D eigenvalue weighted by atomic mass is 19.4. The summed E-state index contributed by atoms with van der Waals surface area (Å²) in [6, 6.07) is 4.36. The lowest BCUT2D eigenvalue weighted by Gasteiger charge is -2.16. The van der Waals surface area contributed by atoms with E-state index in [1.807, 2.05) is 13.8 Å². The maximum absolute atomic E-state index is 13.0. The Morgan fingerprint density at radius 1 is 1.28 bits per heavy atom. The molecule has 1 aromatic rings. The Balaban J connectivity index is 2.25. The molecule has 0 N–H and O–H groups in total. The van der Waals surface area contributed by atoms with Gasteiger partial charge in [0.15, 0.2) is 0 Å². The molecule has 1 aromatic carbocycles. The molecule has 1 fully saturated rings. The molecule has 100 valence electrons. The lowest BCUT2D eigenvalue weighted by atomic mass is 10.00. The fraction of sp³-hybridized carbons (Fsp3) is 0.571. The van der Waals surface area contributed by atoms with Gasteiger partial charge in [0.2, 0.25) is 0 Å². The minimum Gasteiger partial charge on any atom is -0.493 e. The Bertz CT molecular complexity index is 420. The number of benzene rings is 1. The summed E-state index contributed by atoms with van der Waals surface area (Å²) in [5.74, 6) is 0.471. The van der Waals surface area contributed by atoms with Gasteiger partial charge >= 0.3 is 6.18 Å². The fourth-order valence-electron chi connectivity index (χ4n) is 1.75. The molecule has 4 heteroatoms. The van der Waals surface area contributed by atoms with Crippen molar-refractivity contribution in [1.82, 2.24) is 0 Å². The molecular formula is C14H17F3O. The van der Waals surface area contributed by atoms with Crippen LogP contribution in [0.3, 0.4) is 0 Å². The molecule has 0 heterocycles. The summed E-state index contributed by atoms with van der Waals surface area (Å²) in [5.41, 5.74) is 0.0236. The van der Waals surface area contributed by atoms with Gasteiger partial charge in [0, 0.05) is 0 Å². The first-order valence-corrected chi connectivity index (χ1v) is 6.22. The van der Waals surface area contributed by atoms with Crippen molar-refractivity contribution in [2.45, 2.75) is 38.8 Å². The predicted octanol–water partition coefficient (Wildman–Crippen LogP) is 4.62. The molecule has 0 unspecified atom stereocenters. The molecule has 1 saturated carbocycles. The van der Waals surface area contributed by atoms with E-state index in [0.717, 1.165) is 12.8 Å². The van der Waals surface area contributed by atoms with Crippen molar-refractivity contribution >= 4 is 0 Å². The summed E-state index contributed by atoms with van der Waals surface area (Å²) < 4.78 is 44.2. The second kappa shape index (κ2) is 4.82. The average Bonchev–Trinajstić information content (AvgIpc) is 3.08. The van der Waals surface area contributed by atoms with Crippen LogP contribution in [0, 0.1) is 5.92 Å². The quantitative estimate of drug-likeness (QED) is 0.765. The maximum atomic E-state index is 13.0. The first kappa shape index (κ1) is 13.2.